The Bertz CT molecular complexity index is 156. The van der Waals surface area contributed by atoms with Gasteiger partial charge in [0.1, 0.15) is 4.61 Å². The van der Waals surface area contributed by atoms with Crippen LogP contribution in [0, 0.1) is 0 Å². The highest BCUT2D eigenvalue weighted by Crippen LogP contribution is 2.08. The summed E-state index contributed by atoms with van der Waals surface area (Å²) in [6, 6.07) is 0. The highest BCUT2D eigenvalue weighted by molar-refractivity contribution is 9.11. The molecule has 0 saturated carbocycles. The zero-order chi connectivity index (χ0) is 7.28. The van der Waals surface area contributed by atoms with Gasteiger partial charge in [0.2, 0.25) is 0 Å². The summed E-state index contributed by atoms with van der Waals surface area (Å²) in [5, 5.41) is 0. The molecule has 0 aromatic heterocycles. The van der Waals surface area contributed by atoms with E-state index in [0.717, 1.165) is 10.2 Å². The fourth-order valence-electron chi connectivity index (χ4n) is 0.364. The Morgan fingerprint density at radius 2 is 2.22 bits per heavy atom. The van der Waals surface area contributed by atoms with Gasteiger partial charge in [-0.15, -0.1) is 0 Å². The molecule has 0 atom stereocenters. The number of halogens is 1. The molecule has 0 saturated heterocycles. The molecule has 0 N–H and O–H groups in total. The number of allylic oxidation sites excluding steroid dienone is 2. The van der Waals surface area contributed by atoms with Crippen LogP contribution in [0.25, 0.3) is 0 Å². The zero-order valence-corrected chi connectivity index (χ0v) is 7.27. The van der Waals surface area contributed by atoms with Crippen LogP contribution in [0.5, 0.6) is 0 Å². The first-order valence-electron chi connectivity index (χ1n) is 2.68. The minimum Gasteiger partial charge on any atom is -0.254 e. The van der Waals surface area contributed by atoms with Gasteiger partial charge in [0, 0.05) is 6.21 Å². The Morgan fingerprint density at radius 3 is 2.56 bits per heavy atom. The van der Waals surface area contributed by atoms with Crippen LogP contribution in [0.2, 0.25) is 0 Å². The van der Waals surface area contributed by atoms with Crippen molar-refractivity contribution in [2.24, 2.45) is 4.99 Å². The molecule has 0 amide bonds. The molecule has 0 heterocycles. The van der Waals surface area contributed by atoms with Crippen LogP contribution >= 0.6 is 15.9 Å². The molecule has 0 fully saturated rings. The van der Waals surface area contributed by atoms with Gasteiger partial charge in [-0.05, 0) is 35.9 Å². The van der Waals surface area contributed by atoms with Gasteiger partial charge >= 0.3 is 0 Å². The van der Waals surface area contributed by atoms with Crippen LogP contribution < -0.4 is 0 Å². The van der Waals surface area contributed by atoms with Crippen LogP contribution in [-0.4, -0.2) is 6.21 Å². The number of rotatable bonds is 2. The molecule has 2 heteroatoms. The second-order valence-electron chi connectivity index (χ2n) is 1.70. The molecule has 1 nitrogen and oxygen atoms in total. The molecular formula is C7H10BrN. The minimum atomic E-state index is 0.817. The van der Waals surface area contributed by atoms with Crippen molar-refractivity contribution >= 4 is 22.1 Å². The van der Waals surface area contributed by atoms with E-state index in [1.54, 1.807) is 6.21 Å². The Kier molecular flexibility index (Phi) is 4.32. The van der Waals surface area contributed by atoms with Gasteiger partial charge in [-0.3, -0.25) is 4.99 Å². The third kappa shape index (κ3) is 5.50. The zero-order valence-electron chi connectivity index (χ0n) is 5.69. The molecule has 50 valence electrons. The first-order valence-corrected chi connectivity index (χ1v) is 3.47. The summed E-state index contributed by atoms with van der Waals surface area (Å²) < 4.78 is 0.817. The van der Waals surface area contributed by atoms with Gasteiger partial charge in [-0.2, -0.15) is 0 Å². The molecule has 0 unspecified atom stereocenters. The first-order chi connectivity index (χ1) is 4.16. The third-order valence-electron chi connectivity index (χ3n) is 0.618. The Hall–Kier alpha value is -0.370. The predicted octanol–water partition coefficient (Wildman–Crippen LogP) is 2.89. The Labute approximate surface area is 64.3 Å². The lowest BCUT2D eigenvalue weighted by atomic mass is 10.3. The summed E-state index contributed by atoms with van der Waals surface area (Å²) in [7, 11) is 0. The molecule has 0 spiro atoms. The van der Waals surface area contributed by atoms with E-state index in [-0.39, 0.29) is 0 Å². The molecule has 0 aliphatic heterocycles. The fourth-order valence-corrected chi connectivity index (χ4v) is 0.959. The number of aliphatic imine (C=N–C) groups is 1. The van der Waals surface area contributed by atoms with Crippen molar-refractivity contribution in [3.8, 4) is 0 Å². The summed E-state index contributed by atoms with van der Waals surface area (Å²) in [4.78, 5) is 3.96. The summed E-state index contributed by atoms with van der Waals surface area (Å²) in [5.41, 5.74) is 0.993. The quantitative estimate of drug-likeness (QED) is 0.359. The molecule has 0 aliphatic rings. The molecule has 0 rings (SSSR count). The second-order valence-corrected chi connectivity index (χ2v) is 2.51. The van der Waals surface area contributed by atoms with Crippen molar-refractivity contribution in [2.45, 2.75) is 13.8 Å². The maximum atomic E-state index is 3.96. The first kappa shape index (κ1) is 8.63. The highest BCUT2D eigenvalue weighted by Gasteiger charge is 1.81. The fraction of sp³-hybridized carbons (Fsp3) is 0.286. The smallest absolute Gasteiger partial charge is 0.105 e. The largest absolute Gasteiger partial charge is 0.254 e. The maximum Gasteiger partial charge on any atom is 0.105 e. The number of nitrogens with zero attached hydrogens (tertiary/aromatic N) is 1. The molecular weight excluding hydrogens is 178 g/mol. The van der Waals surface area contributed by atoms with Gasteiger partial charge in [0.15, 0.2) is 0 Å². The maximum absolute atomic E-state index is 3.96. The standard InChI is InChI=1S/C7H10BrN/c1-4-9-7(8)5-6(2)3/h4-5H,2H2,1,3H3/b7-5-,9-4?. The topological polar surface area (TPSA) is 12.4 Å². The SMILES string of the molecule is C=C(C)/C=C(/Br)N=CC. The number of hydrogen-bond acceptors (Lipinski definition) is 1. The number of hydrogen-bond donors (Lipinski definition) is 0. The van der Waals surface area contributed by atoms with Crippen molar-refractivity contribution in [1.29, 1.82) is 0 Å². The minimum absolute atomic E-state index is 0.817. The summed E-state index contributed by atoms with van der Waals surface area (Å²) in [6.07, 6.45) is 3.59. The van der Waals surface area contributed by atoms with Crippen molar-refractivity contribution in [3.63, 3.8) is 0 Å². The van der Waals surface area contributed by atoms with Crippen molar-refractivity contribution in [3.05, 3.63) is 22.8 Å². The Balaban J connectivity index is 4.00. The average molecular weight is 188 g/mol. The van der Waals surface area contributed by atoms with Crippen LogP contribution in [-0.2, 0) is 0 Å². The van der Waals surface area contributed by atoms with Gasteiger partial charge in [0.25, 0.3) is 0 Å². The van der Waals surface area contributed by atoms with E-state index in [1.165, 1.54) is 0 Å². The van der Waals surface area contributed by atoms with Crippen LogP contribution in [0.15, 0.2) is 27.8 Å². The third-order valence-corrected chi connectivity index (χ3v) is 1.05. The molecule has 0 bridgehead atoms. The van der Waals surface area contributed by atoms with Gasteiger partial charge in [-0.25, -0.2) is 0 Å². The van der Waals surface area contributed by atoms with E-state index in [1.807, 2.05) is 19.9 Å². The van der Waals surface area contributed by atoms with Crippen molar-refractivity contribution < 1.29 is 0 Å². The van der Waals surface area contributed by atoms with Gasteiger partial charge < -0.3 is 0 Å². The summed E-state index contributed by atoms with van der Waals surface area (Å²) in [6.45, 7) is 7.49. The molecule has 0 aromatic rings. The molecule has 0 aromatic carbocycles. The van der Waals surface area contributed by atoms with E-state index in [2.05, 4.69) is 27.5 Å². The predicted molar refractivity (Wildman–Crippen MR) is 46.0 cm³/mol. The van der Waals surface area contributed by atoms with Gasteiger partial charge in [-0.1, -0.05) is 12.2 Å². The lowest BCUT2D eigenvalue weighted by molar-refractivity contribution is 1.47. The normalized spacial score (nSPS) is 12.6. The van der Waals surface area contributed by atoms with Crippen LogP contribution in [0.4, 0.5) is 0 Å². The average Bonchev–Trinajstić information content (AvgIpc) is 1.63. The van der Waals surface area contributed by atoms with Crippen LogP contribution in [0.3, 0.4) is 0 Å². The van der Waals surface area contributed by atoms with E-state index < -0.39 is 0 Å². The Morgan fingerprint density at radius 1 is 1.67 bits per heavy atom. The monoisotopic (exact) mass is 187 g/mol. The van der Waals surface area contributed by atoms with Gasteiger partial charge in [0.05, 0.1) is 0 Å². The molecule has 9 heavy (non-hydrogen) atoms. The van der Waals surface area contributed by atoms with Crippen molar-refractivity contribution in [1.82, 2.24) is 0 Å². The van der Waals surface area contributed by atoms with Crippen LogP contribution in [0.1, 0.15) is 13.8 Å². The van der Waals surface area contributed by atoms with Crippen molar-refractivity contribution in [2.75, 3.05) is 0 Å². The van der Waals surface area contributed by atoms with E-state index >= 15 is 0 Å². The van der Waals surface area contributed by atoms with E-state index in [9.17, 15) is 0 Å². The summed E-state index contributed by atoms with van der Waals surface area (Å²) >= 11 is 3.24. The summed E-state index contributed by atoms with van der Waals surface area (Å²) in [5.74, 6) is 0. The molecule has 0 radical (unpaired) electrons. The lowest BCUT2D eigenvalue weighted by Gasteiger charge is -1.86. The molecule has 0 aliphatic carbocycles. The van der Waals surface area contributed by atoms with E-state index in [0.29, 0.717) is 0 Å². The highest BCUT2D eigenvalue weighted by atomic mass is 79.9. The van der Waals surface area contributed by atoms with E-state index in [4.69, 9.17) is 0 Å². The second kappa shape index (κ2) is 4.50. The lowest BCUT2D eigenvalue weighted by Crippen LogP contribution is -1.66.